The van der Waals surface area contributed by atoms with Crippen molar-refractivity contribution in [3.05, 3.63) is 59.4 Å². The van der Waals surface area contributed by atoms with Crippen LogP contribution in [0, 0.1) is 17.5 Å². The van der Waals surface area contributed by atoms with Gasteiger partial charge >= 0.3 is 0 Å². The molecule has 100 valence electrons. The lowest BCUT2D eigenvalue weighted by atomic mass is 10.2. The average molecular weight is 283 g/mol. The number of hydrogen-bond donors (Lipinski definition) is 1. The van der Waals surface area contributed by atoms with Crippen molar-refractivity contribution in [2.24, 2.45) is 0 Å². The van der Waals surface area contributed by atoms with E-state index in [9.17, 15) is 13.2 Å². The fourth-order valence-electron chi connectivity index (χ4n) is 1.66. The highest BCUT2D eigenvalue weighted by molar-refractivity contribution is 7.99. The Morgan fingerprint density at radius 2 is 1.74 bits per heavy atom. The Morgan fingerprint density at radius 3 is 2.32 bits per heavy atom. The van der Waals surface area contributed by atoms with Crippen LogP contribution >= 0.6 is 11.8 Å². The van der Waals surface area contributed by atoms with Gasteiger partial charge in [-0.05, 0) is 42.9 Å². The van der Waals surface area contributed by atoms with Gasteiger partial charge in [-0.25, -0.2) is 13.2 Å². The number of nitrogens with one attached hydrogen (secondary N) is 1. The second kappa shape index (κ2) is 6.12. The number of rotatable bonds is 4. The van der Waals surface area contributed by atoms with E-state index in [1.807, 2.05) is 0 Å². The van der Waals surface area contributed by atoms with Crippen LogP contribution in [0.1, 0.15) is 5.56 Å². The predicted octanol–water partition coefficient (Wildman–Crippen LogP) is 3.97. The fourth-order valence-corrected chi connectivity index (χ4v) is 2.53. The molecule has 1 nitrogen and oxygen atoms in total. The van der Waals surface area contributed by atoms with Gasteiger partial charge in [0.25, 0.3) is 0 Å². The van der Waals surface area contributed by atoms with E-state index >= 15 is 0 Å². The molecule has 0 saturated carbocycles. The first-order valence-electron chi connectivity index (χ1n) is 5.66. The summed E-state index contributed by atoms with van der Waals surface area (Å²) in [5.74, 6) is -1.71. The average Bonchev–Trinajstić information content (AvgIpc) is 2.34. The Hall–Kier alpha value is -1.46. The molecule has 0 aliphatic heterocycles. The van der Waals surface area contributed by atoms with Crippen molar-refractivity contribution < 1.29 is 13.2 Å². The predicted molar refractivity (Wildman–Crippen MR) is 69.6 cm³/mol. The van der Waals surface area contributed by atoms with Gasteiger partial charge < -0.3 is 5.32 Å². The largest absolute Gasteiger partial charge is 0.316 e. The highest BCUT2D eigenvalue weighted by Gasteiger charge is 2.13. The minimum absolute atomic E-state index is 0.120. The van der Waals surface area contributed by atoms with Crippen LogP contribution < -0.4 is 5.32 Å². The molecule has 0 heterocycles. The van der Waals surface area contributed by atoms with Crippen molar-refractivity contribution in [3.8, 4) is 0 Å². The maximum atomic E-state index is 13.8. The third-order valence-electron chi connectivity index (χ3n) is 2.45. The Kier molecular flexibility index (Phi) is 4.50. The van der Waals surface area contributed by atoms with Gasteiger partial charge in [0.2, 0.25) is 0 Å². The van der Waals surface area contributed by atoms with Gasteiger partial charge in [-0.3, -0.25) is 0 Å². The lowest BCUT2D eigenvalue weighted by Gasteiger charge is -2.08. The minimum atomic E-state index is -0.639. The zero-order valence-corrected chi connectivity index (χ0v) is 11.0. The minimum Gasteiger partial charge on any atom is -0.316 e. The number of benzene rings is 2. The molecule has 0 aliphatic rings. The van der Waals surface area contributed by atoms with E-state index in [1.54, 1.807) is 13.1 Å². The molecule has 1 N–H and O–H groups in total. The smallest absolute Gasteiger partial charge is 0.140 e. The Labute approximate surface area is 113 Å². The van der Waals surface area contributed by atoms with Crippen LogP contribution in [0.2, 0.25) is 0 Å². The first kappa shape index (κ1) is 14.0. The topological polar surface area (TPSA) is 12.0 Å². The molecule has 0 saturated heterocycles. The number of hydrogen-bond acceptors (Lipinski definition) is 2. The molecular weight excluding hydrogens is 271 g/mol. The summed E-state index contributed by atoms with van der Waals surface area (Å²) in [6.45, 7) is 0.388. The normalized spacial score (nSPS) is 10.7. The molecule has 0 aliphatic carbocycles. The molecule has 0 unspecified atom stereocenters. The molecule has 0 amide bonds. The summed E-state index contributed by atoms with van der Waals surface area (Å²) >= 11 is 0.871. The SMILES string of the molecule is CNCc1cc(F)c(Sc2cccc(F)c2)c(F)c1. The summed E-state index contributed by atoms with van der Waals surface area (Å²) in [6, 6.07) is 8.19. The summed E-state index contributed by atoms with van der Waals surface area (Å²) in [5.41, 5.74) is 0.529. The summed E-state index contributed by atoms with van der Waals surface area (Å²) in [4.78, 5) is 0.338. The quantitative estimate of drug-likeness (QED) is 0.911. The Bertz CT molecular complexity index is 564. The molecule has 2 aromatic carbocycles. The van der Waals surface area contributed by atoms with Crippen molar-refractivity contribution >= 4 is 11.8 Å². The molecule has 19 heavy (non-hydrogen) atoms. The Morgan fingerprint density at radius 1 is 1.05 bits per heavy atom. The lowest BCUT2D eigenvalue weighted by molar-refractivity contribution is 0.536. The van der Waals surface area contributed by atoms with Crippen LogP contribution in [-0.4, -0.2) is 7.05 Å². The molecular formula is C14H12F3NS. The maximum absolute atomic E-state index is 13.8. The monoisotopic (exact) mass is 283 g/mol. The summed E-state index contributed by atoms with van der Waals surface area (Å²) < 4.78 is 40.7. The summed E-state index contributed by atoms with van der Waals surface area (Å²) in [6.07, 6.45) is 0. The van der Waals surface area contributed by atoms with Crippen LogP contribution in [0.25, 0.3) is 0 Å². The van der Waals surface area contributed by atoms with Gasteiger partial charge in [0, 0.05) is 11.4 Å². The molecule has 2 rings (SSSR count). The van der Waals surface area contributed by atoms with Crippen LogP contribution in [0.3, 0.4) is 0 Å². The van der Waals surface area contributed by atoms with Gasteiger partial charge in [-0.2, -0.15) is 0 Å². The zero-order valence-electron chi connectivity index (χ0n) is 10.2. The van der Waals surface area contributed by atoms with E-state index in [2.05, 4.69) is 5.32 Å². The van der Waals surface area contributed by atoms with Gasteiger partial charge in [-0.1, -0.05) is 17.8 Å². The first-order chi connectivity index (χ1) is 9.10. The zero-order chi connectivity index (χ0) is 13.8. The highest BCUT2D eigenvalue weighted by Crippen LogP contribution is 2.32. The van der Waals surface area contributed by atoms with Crippen molar-refractivity contribution in [1.82, 2.24) is 5.32 Å². The fraction of sp³-hybridized carbons (Fsp3) is 0.143. The lowest BCUT2D eigenvalue weighted by Crippen LogP contribution is -2.06. The first-order valence-corrected chi connectivity index (χ1v) is 6.47. The third-order valence-corrected chi connectivity index (χ3v) is 3.54. The Balaban J connectivity index is 2.30. The third kappa shape index (κ3) is 3.52. The van der Waals surface area contributed by atoms with E-state index in [4.69, 9.17) is 0 Å². The standard InChI is InChI=1S/C14H12F3NS/c1-18-8-9-5-12(16)14(13(17)6-9)19-11-4-2-3-10(15)7-11/h2-7,18H,8H2,1H3. The van der Waals surface area contributed by atoms with Crippen molar-refractivity contribution in [2.45, 2.75) is 16.3 Å². The van der Waals surface area contributed by atoms with Crippen LogP contribution in [0.4, 0.5) is 13.2 Å². The van der Waals surface area contributed by atoms with E-state index in [-0.39, 0.29) is 4.90 Å². The molecule has 0 spiro atoms. The van der Waals surface area contributed by atoms with E-state index in [0.29, 0.717) is 17.0 Å². The van der Waals surface area contributed by atoms with Crippen LogP contribution in [0.15, 0.2) is 46.2 Å². The molecule has 0 bridgehead atoms. The van der Waals surface area contributed by atoms with E-state index < -0.39 is 17.5 Å². The van der Waals surface area contributed by atoms with Crippen molar-refractivity contribution in [1.29, 1.82) is 0 Å². The molecule has 0 fully saturated rings. The van der Waals surface area contributed by atoms with Gasteiger partial charge in [0.05, 0.1) is 4.90 Å². The van der Waals surface area contributed by atoms with E-state index in [0.717, 1.165) is 11.8 Å². The van der Waals surface area contributed by atoms with Crippen LogP contribution in [0.5, 0.6) is 0 Å². The molecule has 0 atom stereocenters. The molecule has 0 aromatic heterocycles. The van der Waals surface area contributed by atoms with Crippen molar-refractivity contribution in [3.63, 3.8) is 0 Å². The molecule has 0 radical (unpaired) electrons. The second-order valence-corrected chi connectivity index (χ2v) is 5.06. The maximum Gasteiger partial charge on any atom is 0.140 e. The summed E-state index contributed by atoms with van der Waals surface area (Å²) in [7, 11) is 1.70. The highest BCUT2D eigenvalue weighted by atomic mass is 32.2. The summed E-state index contributed by atoms with van der Waals surface area (Å²) in [5, 5.41) is 2.83. The molecule has 2 aromatic rings. The van der Waals surface area contributed by atoms with Gasteiger partial charge in [0.15, 0.2) is 0 Å². The van der Waals surface area contributed by atoms with Gasteiger partial charge in [-0.15, -0.1) is 0 Å². The van der Waals surface area contributed by atoms with Crippen molar-refractivity contribution in [2.75, 3.05) is 7.05 Å². The van der Waals surface area contributed by atoms with Crippen LogP contribution in [-0.2, 0) is 6.54 Å². The van der Waals surface area contributed by atoms with E-state index in [1.165, 1.54) is 30.3 Å². The number of halogens is 3. The molecule has 5 heteroatoms. The second-order valence-electron chi connectivity index (χ2n) is 3.98. The van der Waals surface area contributed by atoms with Gasteiger partial charge in [0.1, 0.15) is 17.5 Å².